The van der Waals surface area contributed by atoms with E-state index in [0.29, 0.717) is 24.4 Å². The van der Waals surface area contributed by atoms with Crippen molar-refractivity contribution in [3.05, 3.63) is 101 Å². The Balaban J connectivity index is 1.48. The largest absolute Gasteiger partial charge is 0.497 e. The summed E-state index contributed by atoms with van der Waals surface area (Å²) >= 11 is 5.91. The van der Waals surface area contributed by atoms with Crippen LogP contribution in [0.3, 0.4) is 0 Å². The van der Waals surface area contributed by atoms with Gasteiger partial charge in [0.2, 0.25) is 5.91 Å². The lowest BCUT2D eigenvalue weighted by molar-refractivity contribution is -0.121. The Morgan fingerprint density at radius 1 is 1.00 bits per heavy atom. The quantitative estimate of drug-likeness (QED) is 0.392. The number of ether oxygens (including phenoxy) is 1. The molecular formula is C26H24ClN3O2. The molecule has 1 amide bonds. The molecule has 0 atom stereocenters. The number of hydrogen-bond donors (Lipinski definition) is 1. The van der Waals surface area contributed by atoms with Gasteiger partial charge in [-0.3, -0.25) is 4.79 Å². The van der Waals surface area contributed by atoms with E-state index in [2.05, 4.69) is 17.4 Å². The van der Waals surface area contributed by atoms with Gasteiger partial charge in [0.1, 0.15) is 5.75 Å². The molecule has 0 fully saturated rings. The van der Waals surface area contributed by atoms with Gasteiger partial charge in [-0.05, 0) is 48.0 Å². The van der Waals surface area contributed by atoms with E-state index in [-0.39, 0.29) is 5.91 Å². The third kappa shape index (κ3) is 5.37. The zero-order valence-electron chi connectivity index (χ0n) is 17.8. The summed E-state index contributed by atoms with van der Waals surface area (Å²) in [6.07, 6.45) is 0.914. The molecule has 1 aromatic heterocycles. The normalized spacial score (nSPS) is 10.7. The minimum absolute atomic E-state index is 0.0137. The molecule has 0 radical (unpaired) electrons. The third-order valence-electron chi connectivity index (χ3n) is 5.16. The number of methoxy groups -OCH3 is 1. The minimum atomic E-state index is -0.0137. The molecule has 0 bridgehead atoms. The number of rotatable bonds is 8. The summed E-state index contributed by atoms with van der Waals surface area (Å²) in [6, 6.07) is 27.4. The van der Waals surface area contributed by atoms with Crippen LogP contribution in [0.1, 0.15) is 17.7 Å². The van der Waals surface area contributed by atoms with Gasteiger partial charge in [0, 0.05) is 30.0 Å². The monoisotopic (exact) mass is 445 g/mol. The maximum atomic E-state index is 12.4. The second kappa shape index (κ2) is 10.2. The second-order valence-electron chi connectivity index (χ2n) is 7.40. The van der Waals surface area contributed by atoms with Crippen molar-refractivity contribution in [2.45, 2.75) is 19.4 Å². The highest BCUT2D eigenvalue weighted by atomic mass is 35.5. The standard InChI is InChI=1S/C26H24ClN3O2/c1-32-24-14-12-23(13-15-24)30-25(20-5-3-2-4-6-20)17-22(29-30)11-16-26(31)28-18-19-7-9-21(27)10-8-19/h2-10,12-15,17H,11,16,18H2,1H3,(H,28,31). The first-order valence-electron chi connectivity index (χ1n) is 10.4. The Morgan fingerprint density at radius 3 is 2.41 bits per heavy atom. The van der Waals surface area contributed by atoms with E-state index in [1.165, 1.54) is 0 Å². The van der Waals surface area contributed by atoms with Crippen molar-refractivity contribution >= 4 is 17.5 Å². The predicted octanol–water partition coefficient (Wildman–Crippen LogP) is 5.45. The molecule has 4 rings (SSSR count). The predicted molar refractivity (Wildman–Crippen MR) is 127 cm³/mol. The van der Waals surface area contributed by atoms with Crippen LogP contribution >= 0.6 is 11.6 Å². The maximum absolute atomic E-state index is 12.4. The van der Waals surface area contributed by atoms with Gasteiger partial charge < -0.3 is 10.1 Å². The molecule has 5 nitrogen and oxygen atoms in total. The van der Waals surface area contributed by atoms with E-state index in [1.807, 2.05) is 77.5 Å². The van der Waals surface area contributed by atoms with Gasteiger partial charge in [-0.25, -0.2) is 4.68 Å². The molecule has 0 aliphatic rings. The summed E-state index contributed by atoms with van der Waals surface area (Å²) in [7, 11) is 1.65. The molecular weight excluding hydrogens is 422 g/mol. The number of carbonyl (C=O) groups excluding carboxylic acids is 1. The van der Waals surface area contributed by atoms with Crippen LogP contribution in [0.2, 0.25) is 5.02 Å². The van der Waals surface area contributed by atoms with Crippen molar-refractivity contribution in [1.29, 1.82) is 0 Å². The lowest BCUT2D eigenvalue weighted by Crippen LogP contribution is -2.23. The van der Waals surface area contributed by atoms with Gasteiger partial charge in [-0.2, -0.15) is 5.10 Å². The van der Waals surface area contributed by atoms with Crippen LogP contribution in [-0.4, -0.2) is 22.8 Å². The van der Waals surface area contributed by atoms with Crippen LogP contribution in [0.25, 0.3) is 16.9 Å². The number of aryl methyl sites for hydroxylation is 1. The van der Waals surface area contributed by atoms with E-state index in [1.54, 1.807) is 7.11 Å². The van der Waals surface area contributed by atoms with E-state index < -0.39 is 0 Å². The van der Waals surface area contributed by atoms with Crippen LogP contribution in [-0.2, 0) is 17.8 Å². The molecule has 1 N–H and O–H groups in total. The topological polar surface area (TPSA) is 56.2 Å². The lowest BCUT2D eigenvalue weighted by Gasteiger charge is -2.08. The fourth-order valence-electron chi connectivity index (χ4n) is 3.42. The van der Waals surface area contributed by atoms with E-state index in [9.17, 15) is 4.79 Å². The Morgan fingerprint density at radius 2 is 1.72 bits per heavy atom. The fourth-order valence-corrected chi connectivity index (χ4v) is 3.55. The summed E-state index contributed by atoms with van der Waals surface area (Å²) in [6.45, 7) is 0.478. The number of hydrogen-bond acceptors (Lipinski definition) is 3. The highest BCUT2D eigenvalue weighted by Gasteiger charge is 2.13. The van der Waals surface area contributed by atoms with Crippen molar-refractivity contribution in [2.75, 3.05) is 7.11 Å². The average molecular weight is 446 g/mol. The van der Waals surface area contributed by atoms with Crippen LogP contribution in [0.5, 0.6) is 5.75 Å². The number of carbonyl (C=O) groups is 1. The highest BCUT2D eigenvalue weighted by molar-refractivity contribution is 6.30. The van der Waals surface area contributed by atoms with Crippen molar-refractivity contribution in [2.24, 2.45) is 0 Å². The van der Waals surface area contributed by atoms with Gasteiger partial charge in [-0.1, -0.05) is 54.1 Å². The Kier molecular flexibility index (Phi) is 6.87. The molecule has 0 spiro atoms. The van der Waals surface area contributed by atoms with E-state index in [0.717, 1.165) is 34.0 Å². The molecule has 6 heteroatoms. The van der Waals surface area contributed by atoms with Gasteiger partial charge in [0.25, 0.3) is 0 Å². The molecule has 0 saturated carbocycles. The number of nitrogens with one attached hydrogen (secondary N) is 1. The van der Waals surface area contributed by atoms with Gasteiger partial charge in [0.05, 0.1) is 24.2 Å². The maximum Gasteiger partial charge on any atom is 0.220 e. The number of halogens is 1. The van der Waals surface area contributed by atoms with Gasteiger partial charge >= 0.3 is 0 Å². The number of nitrogens with zero attached hydrogens (tertiary/aromatic N) is 2. The summed E-state index contributed by atoms with van der Waals surface area (Å²) in [5.41, 5.74) is 4.85. The van der Waals surface area contributed by atoms with Crippen molar-refractivity contribution in [3.8, 4) is 22.7 Å². The second-order valence-corrected chi connectivity index (χ2v) is 7.84. The van der Waals surface area contributed by atoms with Gasteiger partial charge in [0.15, 0.2) is 0 Å². The zero-order valence-corrected chi connectivity index (χ0v) is 18.5. The van der Waals surface area contributed by atoms with Crippen molar-refractivity contribution in [1.82, 2.24) is 15.1 Å². The van der Waals surface area contributed by atoms with Crippen LogP contribution in [0.15, 0.2) is 84.9 Å². The Bertz CT molecular complexity index is 1170. The van der Waals surface area contributed by atoms with E-state index >= 15 is 0 Å². The molecule has 1 heterocycles. The summed E-state index contributed by atoms with van der Waals surface area (Å²) < 4.78 is 7.18. The Labute approximate surface area is 192 Å². The lowest BCUT2D eigenvalue weighted by atomic mass is 10.1. The molecule has 4 aromatic rings. The van der Waals surface area contributed by atoms with Crippen LogP contribution < -0.4 is 10.1 Å². The Hall–Kier alpha value is -3.57. The number of benzene rings is 3. The first-order valence-corrected chi connectivity index (χ1v) is 10.8. The molecule has 0 unspecified atom stereocenters. The first kappa shape index (κ1) is 21.7. The van der Waals surface area contributed by atoms with Crippen LogP contribution in [0.4, 0.5) is 0 Å². The summed E-state index contributed by atoms with van der Waals surface area (Å²) in [5.74, 6) is 0.778. The first-order chi connectivity index (χ1) is 15.6. The number of amides is 1. The summed E-state index contributed by atoms with van der Waals surface area (Å²) in [4.78, 5) is 12.4. The fraction of sp³-hybridized carbons (Fsp3) is 0.154. The molecule has 3 aromatic carbocycles. The van der Waals surface area contributed by atoms with Crippen LogP contribution in [0, 0.1) is 0 Å². The average Bonchev–Trinajstić information content (AvgIpc) is 3.27. The molecule has 162 valence electrons. The summed E-state index contributed by atoms with van der Waals surface area (Å²) in [5, 5.41) is 8.43. The van der Waals surface area contributed by atoms with E-state index in [4.69, 9.17) is 21.4 Å². The number of aromatic nitrogens is 2. The molecule has 0 aliphatic carbocycles. The highest BCUT2D eigenvalue weighted by Crippen LogP contribution is 2.25. The van der Waals surface area contributed by atoms with Gasteiger partial charge in [-0.15, -0.1) is 0 Å². The van der Waals surface area contributed by atoms with Crippen molar-refractivity contribution in [3.63, 3.8) is 0 Å². The van der Waals surface area contributed by atoms with Crippen molar-refractivity contribution < 1.29 is 9.53 Å². The molecule has 0 saturated heterocycles. The third-order valence-corrected chi connectivity index (χ3v) is 5.41. The molecule has 32 heavy (non-hydrogen) atoms. The minimum Gasteiger partial charge on any atom is -0.497 e. The smallest absolute Gasteiger partial charge is 0.220 e. The SMILES string of the molecule is COc1ccc(-n2nc(CCC(=O)NCc3ccc(Cl)cc3)cc2-c2ccccc2)cc1. The zero-order chi connectivity index (χ0) is 22.3. The molecule has 0 aliphatic heterocycles.